The van der Waals surface area contributed by atoms with Gasteiger partial charge in [0, 0.05) is 11.9 Å². The highest BCUT2D eigenvalue weighted by Gasteiger charge is 2.19. The maximum atomic E-state index is 4.28. The number of aromatic nitrogens is 2. The Morgan fingerprint density at radius 3 is 3.12 bits per heavy atom. The topological polar surface area (TPSA) is 40.7 Å². The lowest BCUT2D eigenvalue weighted by Gasteiger charge is -2.23. The number of nitrogens with one attached hydrogen (secondary N) is 2. The lowest BCUT2D eigenvalue weighted by molar-refractivity contribution is 0.463. The molecule has 1 atom stereocenters. The van der Waals surface area contributed by atoms with Gasteiger partial charge in [0.1, 0.15) is 4.60 Å². The van der Waals surface area contributed by atoms with Crippen LogP contribution in [0.15, 0.2) is 22.8 Å². The molecule has 1 aromatic heterocycles. The largest absolute Gasteiger partial charge is 0.316 e. The molecule has 1 saturated heterocycles. The van der Waals surface area contributed by atoms with Gasteiger partial charge in [-0.1, -0.05) is 12.1 Å². The molecule has 2 heterocycles. The zero-order valence-electron chi connectivity index (χ0n) is 8.96. The van der Waals surface area contributed by atoms with Crippen LogP contribution in [0.1, 0.15) is 24.3 Å². The fraction of sp³-hybridized carbons (Fsp3) is 0.417. The van der Waals surface area contributed by atoms with E-state index in [0.717, 1.165) is 23.2 Å². The molecule has 1 aliphatic rings. The van der Waals surface area contributed by atoms with E-state index < -0.39 is 0 Å². The molecule has 0 bridgehead atoms. The van der Waals surface area contributed by atoms with Gasteiger partial charge in [0.2, 0.25) is 0 Å². The average molecular weight is 280 g/mol. The molecule has 0 aliphatic carbocycles. The molecule has 1 aromatic carbocycles. The molecule has 3 nitrogen and oxygen atoms in total. The molecule has 0 spiro atoms. The van der Waals surface area contributed by atoms with Gasteiger partial charge in [-0.25, -0.2) is 0 Å². The average Bonchev–Trinajstić information content (AvgIpc) is 2.73. The van der Waals surface area contributed by atoms with Crippen LogP contribution in [0, 0.1) is 0 Å². The van der Waals surface area contributed by atoms with Crippen molar-refractivity contribution in [1.29, 1.82) is 0 Å². The van der Waals surface area contributed by atoms with Crippen molar-refractivity contribution in [2.45, 2.75) is 18.8 Å². The van der Waals surface area contributed by atoms with E-state index in [9.17, 15) is 0 Å². The first-order valence-electron chi connectivity index (χ1n) is 5.69. The second kappa shape index (κ2) is 4.18. The highest BCUT2D eigenvalue weighted by molar-refractivity contribution is 9.10. The van der Waals surface area contributed by atoms with Gasteiger partial charge in [-0.3, -0.25) is 5.10 Å². The van der Waals surface area contributed by atoms with Crippen LogP contribution < -0.4 is 5.32 Å². The van der Waals surface area contributed by atoms with Crippen LogP contribution in [0.4, 0.5) is 0 Å². The van der Waals surface area contributed by atoms with Crippen LogP contribution in [0.25, 0.3) is 10.9 Å². The highest BCUT2D eigenvalue weighted by Crippen LogP contribution is 2.32. The zero-order chi connectivity index (χ0) is 11.0. The number of aromatic amines is 1. The van der Waals surface area contributed by atoms with Crippen molar-refractivity contribution >= 4 is 26.8 Å². The SMILES string of the molecule is Brc1[nH]nc2cccc(C3CCCNC3)c12. The van der Waals surface area contributed by atoms with Gasteiger partial charge in [0.05, 0.1) is 5.52 Å². The van der Waals surface area contributed by atoms with Crippen molar-refractivity contribution in [3.05, 3.63) is 28.4 Å². The molecule has 3 rings (SSSR count). The van der Waals surface area contributed by atoms with Crippen molar-refractivity contribution in [1.82, 2.24) is 15.5 Å². The monoisotopic (exact) mass is 279 g/mol. The normalized spacial score (nSPS) is 21.4. The van der Waals surface area contributed by atoms with Gasteiger partial charge in [-0.2, -0.15) is 5.10 Å². The third kappa shape index (κ3) is 1.66. The summed E-state index contributed by atoms with van der Waals surface area (Å²) in [6.07, 6.45) is 2.53. The summed E-state index contributed by atoms with van der Waals surface area (Å²) < 4.78 is 1.00. The van der Waals surface area contributed by atoms with E-state index in [1.807, 2.05) is 0 Å². The minimum absolute atomic E-state index is 0.617. The fourth-order valence-electron chi connectivity index (χ4n) is 2.51. The van der Waals surface area contributed by atoms with Crippen LogP contribution in [0.3, 0.4) is 0 Å². The lowest BCUT2D eigenvalue weighted by atomic mass is 9.90. The van der Waals surface area contributed by atoms with Crippen LogP contribution >= 0.6 is 15.9 Å². The van der Waals surface area contributed by atoms with E-state index in [1.165, 1.54) is 23.8 Å². The first-order valence-corrected chi connectivity index (χ1v) is 6.49. The molecule has 0 saturated carbocycles. The second-order valence-corrected chi connectivity index (χ2v) is 5.12. The summed E-state index contributed by atoms with van der Waals surface area (Å²) in [5, 5.41) is 12.0. The summed E-state index contributed by atoms with van der Waals surface area (Å²) in [6, 6.07) is 6.37. The van der Waals surface area contributed by atoms with Crippen molar-refractivity contribution in [3.63, 3.8) is 0 Å². The summed E-state index contributed by atoms with van der Waals surface area (Å²) in [4.78, 5) is 0. The minimum atomic E-state index is 0.617. The number of halogens is 1. The van der Waals surface area contributed by atoms with Gasteiger partial charge in [0.15, 0.2) is 0 Å². The number of hydrogen-bond donors (Lipinski definition) is 2. The second-order valence-electron chi connectivity index (χ2n) is 4.32. The van der Waals surface area contributed by atoms with Crippen LogP contribution in [0.2, 0.25) is 0 Å². The highest BCUT2D eigenvalue weighted by atomic mass is 79.9. The maximum Gasteiger partial charge on any atom is 0.109 e. The number of fused-ring (bicyclic) bond motifs is 1. The quantitative estimate of drug-likeness (QED) is 0.843. The molecular weight excluding hydrogens is 266 g/mol. The minimum Gasteiger partial charge on any atom is -0.316 e. The Hall–Kier alpha value is -0.870. The number of hydrogen-bond acceptors (Lipinski definition) is 2. The molecule has 0 amide bonds. The van der Waals surface area contributed by atoms with E-state index in [4.69, 9.17) is 0 Å². The van der Waals surface area contributed by atoms with Crippen molar-refractivity contribution in [3.8, 4) is 0 Å². The van der Waals surface area contributed by atoms with Crippen LogP contribution in [-0.2, 0) is 0 Å². The third-order valence-corrected chi connectivity index (χ3v) is 3.88. The molecule has 16 heavy (non-hydrogen) atoms. The predicted molar refractivity (Wildman–Crippen MR) is 68.6 cm³/mol. The lowest BCUT2D eigenvalue weighted by Crippen LogP contribution is -2.28. The Morgan fingerprint density at radius 2 is 2.31 bits per heavy atom. The molecule has 2 aromatic rings. The smallest absolute Gasteiger partial charge is 0.109 e. The molecular formula is C12H14BrN3. The Bertz CT molecular complexity index is 500. The number of piperidine rings is 1. The number of benzene rings is 1. The Kier molecular flexibility index (Phi) is 2.69. The zero-order valence-corrected chi connectivity index (χ0v) is 10.5. The fourth-order valence-corrected chi connectivity index (χ4v) is 3.03. The van der Waals surface area contributed by atoms with Gasteiger partial charge in [-0.15, -0.1) is 0 Å². The number of rotatable bonds is 1. The molecule has 0 radical (unpaired) electrons. The van der Waals surface area contributed by atoms with Crippen LogP contribution in [0.5, 0.6) is 0 Å². The van der Waals surface area contributed by atoms with E-state index >= 15 is 0 Å². The summed E-state index contributed by atoms with van der Waals surface area (Å²) in [5.41, 5.74) is 2.46. The summed E-state index contributed by atoms with van der Waals surface area (Å²) in [6.45, 7) is 2.23. The van der Waals surface area contributed by atoms with Crippen molar-refractivity contribution in [2.24, 2.45) is 0 Å². The summed E-state index contributed by atoms with van der Waals surface area (Å²) in [7, 11) is 0. The number of nitrogens with zero attached hydrogens (tertiary/aromatic N) is 1. The van der Waals surface area contributed by atoms with Gasteiger partial charge in [0.25, 0.3) is 0 Å². The third-order valence-electron chi connectivity index (χ3n) is 3.31. The first kappa shape index (κ1) is 10.3. The van der Waals surface area contributed by atoms with Crippen LogP contribution in [-0.4, -0.2) is 23.3 Å². The Balaban J connectivity index is 2.10. The van der Waals surface area contributed by atoms with Gasteiger partial charge in [-0.05, 0) is 52.9 Å². The van der Waals surface area contributed by atoms with E-state index in [0.29, 0.717) is 5.92 Å². The predicted octanol–water partition coefficient (Wildman–Crippen LogP) is 2.79. The summed E-state index contributed by atoms with van der Waals surface area (Å²) >= 11 is 3.55. The molecule has 1 fully saturated rings. The molecule has 2 N–H and O–H groups in total. The van der Waals surface area contributed by atoms with Crippen molar-refractivity contribution < 1.29 is 0 Å². The molecule has 1 aliphatic heterocycles. The summed E-state index contributed by atoms with van der Waals surface area (Å²) in [5.74, 6) is 0.617. The van der Waals surface area contributed by atoms with E-state index in [-0.39, 0.29) is 0 Å². The van der Waals surface area contributed by atoms with Gasteiger partial charge >= 0.3 is 0 Å². The molecule has 4 heteroatoms. The maximum absolute atomic E-state index is 4.28. The van der Waals surface area contributed by atoms with E-state index in [2.05, 4.69) is 49.6 Å². The van der Waals surface area contributed by atoms with Crippen molar-refractivity contribution in [2.75, 3.05) is 13.1 Å². The van der Waals surface area contributed by atoms with E-state index in [1.54, 1.807) is 0 Å². The first-order chi connectivity index (χ1) is 7.86. The Morgan fingerprint density at radius 1 is 1.38 bits per heavy atom. The standard InChI is InChI=1S/C12H14BrN3/c13-12-11-9(8-3-2-6-14-7-8)4-1-5-10(11)15-16-12/h1,4-5,8,14H,2-3,6-7H2,(H,15,16). The molecule has 84 valence electrons. The number of H-pyrrole nitrogens is 1. The Labute approximate surface area is 103 Å². The molecule has 1 unspecified atom stereocenters. The van der Waals surface area contributed by atoms with Gasteiger partial charge < -0.3 is 5.32 Å².